The Hall–Kier alpha value is -1.75. The molecular weight excluding hydrogens is 280 g/mol. The third-order valence-electron chi connectivity index (χ3n) is 2.67. The normalized spacial score (nSPS) is 10.6. The van der Waals surface area contributed by atoms with E-state index in [2.05, 4.69) is 4.98 Å². The quantitative estimate of drug-likeness (QED) is 0.631. The summed E-state index contributed by atoms with van der Waals surface area (Å²) in [6.45, 7) is 3.78. The van der Waals surface area contributed by atoms with E-state index < -0.39 is 23.0 Å². The minimum Gasteiger partial charge on any atom is -0.293 e. The van der Waals surface area contributed by atoms with Crippen LogP contribution in [0.25, 0.3) is 0 Å². The van der Waals surface area contributed by atoms with E-state index in [-0.39, 0.29) is 5.75 Å². The molecule has 0 bridgehead atoms. The van der Waals surface area contributed by atoms with E-state index in [1.54, 1.807) is 0 Å². The molecule has 1 aromatic carbocycles. The molecule has 0 aliphatic heterocycles. The van der Waals surface area contributed by atoms with E-state index in [0.717, 1.165) is 23.4 Å². The predicted molar refractivity (Wildman–Crippen MR) is 75.1 cm³/mol. The lowest BCUT2D eigenvalue weighted by Crippen LogP contribution is -2.08. The van der Waals surface area contributed by atoms with Crippen molar-refractivity contribution in [3.63, 3.8) is 0 Å². The van der Waals surface area contributed by atoms with Gasteiger partial charge in [-0.25, -0.2) is 13.8 Å². The zero-order valence-corrected chi connectivity index (χ0v) is 11.9. The second kappa shape index (κ2) is 6.13. The number of aromatic nitrogens is 1. The van der Waals surface area contributed by atoms with Crippen molar-refractivity contribution in [2.75, 3.05) is 5.75 Å². The first kappa shape index (κ1) is 14.7. The number of hydrogen-bond donors (Lipinski definition) is 0. The summed E-state index contributed by atoms with van der Waals surface area (Å²) in [5.41, 5.74) is 1.39. The Balaban J connectivity index is 2.13. The van der Waals surface area contributed by atoms with Crippen LogP contribution in [0.15, 0.2) is 35.4 Å². The smallest absolute Gasteiger partial charge is 0.179 e. The van der Waals surface area contributed by atoms with Crippen LogP contribution in [0, 0.1) is 25.5 Å². The number of thioether (sulfide) groups is 1. The molecule has 0 aliphatic carbocycles. The van der Waals surface area contributed by atoms with Gasteiger partial charge in [-0.15, -0.1) is 0 Å². The first-order chi connectivity index (χ1) is 9.47. The molecule has 0 saturated carbocycles. The molecule has 20 heavy (non-hydrogen) atoms. The highest BCUT2D eigenvalue weighted by atomic mass is 32.2. The topological polar surface area (TPSA) is 30.0 Å². The molecule has 0 amide bonds. The minimum atomic E-state index is -0.830. The van der Waals surface area contributed by atoms with Crippen molar-refractivity contribution in [2.24, 2.45) is 0 Å². The van der Waals surface area contributed by atoms with Gasteiger partial charge in [0.1, 0.15) is 11.6 Å². The highest BCUT2D eigenvalue weighted by Crippen LogP contribution is 2.21. The van der Waals surface area contributed by atoms with Gasteiger partial charge >= 0.3 is 0 Å². The second-order valence-corrected chi connectivity index (χ2v) is 5.43. The Kier molecular flexibility index (Phi) is 4.49. The first-order valence-corrected chi connectivity index (χ1v) is 7.01. The van der Waals surface area contributed by atoms with Crippen LogP contribution < -0.4 is 0 Å². The lowest BCUT2D eigenvalue weighted by molar-refractivity contribution is 0.101. The molecular formula is C15H13F2NOS. The molecule has 0 N–H and O–H groups in total. The highest BCUT2D eigenvalue weighted by molar-refractivity contribution is 7.99. The lowest BCUT2D eigenvalue weighted by Gasteiger charge is -2.05. The van der Waals surface area contributed by atoms with Gasteiger partial charge in [0.05, 0.1) is 16.3 Å². The number of pyridine rings is 1. The maximum absolute atomic E-state index is 13.5. The number of benzene rings is 1. The number of ketones is 1. The summed E-state index contributed by atoms with van der Waals surface area (Å²) in [6.07, 6.45) is 0. The number of aryl methyl sites for hydroxylation is 2. The van der Waals surface area contributed by atoms with E-state index in [9.17, 15) is 13.6 Å². The molecule has 0 atom stereocenters. The summed E-state index contributed by atoms with van der Waals surface area (Å²) in [5.74, 6) is -2.28. The molecule has 0 fully saturated rings. The van der Waals surface area contributed by atoms with Crippen LogP contribution in [0.3, 0.4) is 0 Å². The molecule has 5 heteroatoms. The van der Waals surface area contributed by atoms with Crippen molar-refractivity contribution in [3.05, 3.63) is 58.8 Å². The molecule has 0 radical (unpaired) electrons. The Morgan fingerprint density at radius 3 is 2.45 bits per heavy atom. The van der Waals surface area contributed by atoms with Gasteiger partial charge in [0.15, 0.2) is 5.78 Å². The molecule has 1 heterocycles. The van der Waals surface area contributed by atoms with E-state index in [4.69, 9.17) is 0 Å². The third kappa shape index (κ3) is 3.42. The van der Waals surface area contributed by atoms with Crippen LogP contribution in [0.1, 0.15) is 21.6 Å². The van der Waals surface area contributed by atoms with Crippen LogP contribution in [0.5, 0.6) is 0 Å². The molecule has 0 unspecified atom stereocenters. The SMILES string of the molecule is Cc1cc(C)nc(SCC(=O)c2c(F)cccc2F)c1. The molecule has 2 rings (SSSR count). The van der Waals surface area contributed by atoms with Crippen molar-refractivity contribution >= 4 is 17.5 Å². The van der Waals surface area contributed by atoms with E-state index in [1.165, 1.54) is 17.8 Å². The largest absolute Gasteiger partial charge is 0.293 e. The second-order valence-electron chi connectivity index (χ2n) is 4.43. The monoisotopic (exact) mass is 293 g/mol. The zero-order valence-electron chi connectivity index (χ0n) is 11.1. The fourth-order valence-corrected chi connectivity index (χ4v) is 2.76. The van der Waals surface area contributed by atoms with Crippen LogP contribution in [0.4, 0.5) is 8.78 Å². The number of halogens is 2. The number of carbonyl (C=O) groups is 1. The standard InChI is InChI=1S/C15H13F2NOS/c1-9-6-10(2)18-14(7-9)20-8-13(19)15-11(16)4-3-5-12(15)17/h3-7H,8H2,1-2H3. The molecule has 0 aliphatic rings. The van der Waals surface area contributed by atoms with Gasteiger partial charge in [-0.2, -0.15) is 0 Å². The van der Waals surface area contributed by atoms with Crippen LogP contribution >= 0.6 is 11.8 Å². The molecule has 2 aromatic rings. The Morgan fingerprint density at radius 2 is 1.85 bits per heavy atom. The molecule has 1 aromatic heterocycles. The molecule has 2 nitrogen and oxygen atoms in total. The maximum atomic E-state index is 13.5. The Morgan fingerprint density at radius 1 is 1.20 bits per heavy atom. The van der Waals surface area contributed by atoms with Gasteiger partial charge in [0.2, 0.25) is 0 Å². The van der Waals surface area contributed by atoms with Gasteiger partial charge in [0, 0.05) is 5.69 Å². The van der Waals surface area contributed by atoms with E-state index >= 15 is 0 Å². The predicted octanol–water partition coefficient (Wildman–Crippen LogP) is 3.95. The number of carbonyl (C=O) groups excluding carboxylic acids is 1. The summed E-state index contributed by atoms with van der Waals surface area (Å²) in [6, 6.07) is 7.15. The minimum absolute atomic E-state index is 0.0479. The Bertz CT molecular complexity index is 618. The molecule has 0 spiro atoms. The van der Waals surface area contributed by atoms with Gasteiger partial charge in [-0.05, 0) is 43.7 Å². The maximum Gasteiger partial charge on any atom is 0.179 e. The van der Waals surface area contributed by atoms with Gasteiger partial charge < -0.3 is 0 Å². The van der Waals surface area contributed by atoms with Crippen molar-refractivity contribution in [2.45, 2.75) is 18.9 Å². The van der Waals surface area contributed by atoms with E-state index in [0.29, 0.717) is 5.03 Å². The van der Waals surface area contributed by atoms with Crippen LogP contribution in [-0.4, -0.2) is 16.5 Å². The number of nitrogens with zero attached hydrogens (tertiary/aromatic N) is 1. The fourth-order valence-electron chi connectivity index (χ4n) is 1.85. The van der Waals surface area contributed by atoms with Crippen LogP contribution in [0.2, 0.25) is 0 Å². The number of Topliss-reactive ketones (excluding diaryl/α,β-unsaturated/α-hetero) is 1. The number of rotatable bonds is 4. The van der Waals surface area contributed by atoms with Gasteiger partial charge in [-0.1, -0.05) is 17.8 Å². The van der Waals surface area contributed by atoms with Gasteiger partial charge in [-0.3, -0.25) is 4.79 Å². The van der Waals surface area contributed by atoms with Crippen molar-refractivity contribution in [1.82, 2.24) is 4.98 Å². The summed E-state index contributed by atoms with van der Waals surface area (Å²) in [4.78, 5) is 16.2. The summed E-state index contributed by atoms with van der Waals surface area (Å²) >= 11 is 1.18. The van der Waals surface area contributed by atoms with E-state index in [1.807, 2.05) is 26.0 Å². The Labute approximate surface area is 120 Å². The molecule has 104 valence electrons. The zero-order chi connectivity index (χ0) is 14.7. The van der Waals surface area contributed by atoms with Crippen molar-refractivity contribution in [1.29, 1.82) is 0 Å². The summed E-state index contributed by atoms with van der Waals surface area (Å²) in [5, 5.41) is 0.674. The summed E-state index contributed by atoms with van der Waals surface area (Å²) in [7, 11) is 0. The lowest BCUT2D eigenvalue weighted by atomic mass is 10.1. The average Bonchev–Trinajstić information content (AvgIpc) is 2.35. The summed E-state index contributed by atoms with van der Waals surface area (Å²) < 4.78 is 26.9. The van der Waals surface area contributed by atoms with Crippen molar-refractivity contribution < 1.29 is 13.6 Å². The fraction of sp³-hybridized carbons (Fsp3) is 0.200. The van der Waals surface area contributed by atoms with Gasteiger partial charge in [0.25, 0.3) is 0 Å². The highest BCUT2D eigenvalue weighted by Gasteiger charge is 2.17. The molecule has 0 saturated heterocycles. The average molecular weight is 293 g/mol. The number of hydrogen-bond acceptors (Lipinski definition) is 3. The third-order valence-corrected chi connectivity index (χ3v) is 3.58. The first-order valence-electron chi connectivity index (χ1n) is 6.02. The van der Waals surface area contributed by atoms with Crippen LogP contribution in [-0.2, 0) is 0 Å². The van der Waals surface area contributed by atoms with Crippen molar-refractivity contribution in [3.8, 4) is 0 Å².